The van der Waals surface area contributed by atoms with Gasteiger partial charge in [0.15, 0.2) is 0 Å². The number of piperidine rings is 1. The van der Waals surface area contributed by atoms with Crippen LogP contribution in [0.3, 0.4) is 0 Å². The Morgan fingerprint density at radius 3 is 2.33 bits per heavy atom. The summed E-state index contributed by atoms with van der Waals surface area (Å²) in [5.74, 6) is 2.08. The molecule has 4 nitrogen and oxygen atoms in total. The van der Waals surface area contributed by atoms with Crippen molar-refractivity contribution in [1.29, 1.82) is 0 Å². The summed E-state index contributed by atoms with van der Waals surface area (Å²) in [5, 5.41) is 1.58. The predicted octanol–water partition coefficient (Wildman–Crippen LogP) is 5.56. The van der Waals surface area contributed by atoms with Crippen LogP contribution in [0.2, 0.25) is 5.02 Å². The van der Waals surface area contributed by atoms with E-state index in [0.29, 0.717) is 5.92 Å². The van der Waals surface area contributed by atoms with Gasteiger partial charge in [0.25, 0.3) is 0 Å². The first-order valence-electron chi connectivity index (χ1n) is 10.8. The average molecular weight is 425 g/mol. The molecule has 0 N–H and O–H groups in total. The lowest BCUT2D eigenvalue weighted by atomic mass is 9.95. The fourth-order valence-electron chi connectivity index (χ4n) is 4.46. The maximum atomic E-state index is 13.8. The Labute approximate surface area is 181 Å². The van der Waals surface area contributed by atoms with Crippen molar-refractivity contribution >= 4 is 34.0 Å². The molecule has 2 heterocycles. The average Bonchev–Trinajstić information content (AvgIpc) is 3.58. The standard InChI is InChI=1S/C24H26ClFN4/c25-19-3-6-21(7-4-19)30(14-17-1-2-17)15-18-9-11-29(12-10-18)24-22-13-20(26)5-8-23(22)27-16-28-24/h3-8,13,16-18H,1-2,9-12,14-15H2. The quantitative estimate of drug-likeness (QED) is 0.519. The van der Waals surface area contributed by atoms with Crippen LogP contribution in [0, 0.1) is 17.7 Å². The van der Waals surface area contributed by atoms with E-state index in [4.69, 9.17) is 11.6 Å². The summed E-state index contributed by atoms with van der Waals surface area (Å²) < 4.78 is 13.8. The molecule has 1 saturated carbocycles. The van der Waals surface area contributed by atoms with Crippen molar-refractivity contribution < 1.29 is 4.39 Å². The smallest absolute Gasteiger partial charge is 0.139 e. The van der Waals surface area contributed by atoms with E-state index >= 15 is 0 Å². The molecule has 1 saturated heterocycles. The lowest BCUT2D eigenvalue weighted by Crippen LogP contribution is -2.40. The number of halogens is 2. The summed E-state index contributed by atoms with van der Waals surface area (Å²) in [6.45, 7) is 4.08. The zero-order chi connectivity index (χ0) is 20.5. The van der Waals surface area contributed by atoms with Crippen LogP contribution in [0.1, 0.15) is 25.7 Å². The molecule has 2 fully saturated rings. The molecular formula is C24H26ClFN4. The first-order chi connectivity index (χ1) is 14.7. The van der Waals surface area contributed by atoms with Gasteiger partial charge in [-0.2, -0.15) is 0 Å². The second-order valence-electron chi connectivity index (χ2n) is 8.61. The Bertz CT molecular complexity index is 1010. The van der Waals surface area contributed by atoms with E-state index in [-0.39, 0.29) is 5.82 Å². The van der Waals surface area contributed by atoms with Gasteiger partial charge in [-0.1, -0.05) is 11.6 Å². The van der Waals surface area contributed by atoms with Crippen LogP contribution in [0.5, 0.6) is 0 Å². The molecule has 1 aromatic heterocycles. The minimum Gasteiger partial charge on any atom is -0.371 e. The van der Waals surface area contributed by atoms with E-state index in [1.54, 1.807) is 18.5 Å². The molecule has 0 spiro atoms. The van der Waals surface area contributed by atoms with Crippen LogP contribution in [0.25, 0.3) is 10.9 Å². The third kappa shape index (κ3) is 4.36. The van der Waals surface area contributed by atoms with Gasteiger partial charge in [-0.05, 0) is 80.0 Å². The van der Waals surface area contributed by atoms with Gasteiger partial charge in [0, 0.05) is 42.3 Å². The van der Waals surface area contributed by atoms with E-state index in [1.165, 1.54) is 24.6 Å². The van der Waals surface area contributed by atoms with Crippen molar-refractivity contribution in [2.24, 2.45) is 11.8 Å². The van der Waals surface area contributed by atoms with Gasteiger partial charge in [0.1, 0.15) is 18.0 Å². The third-order valence-corrected chi connectivity index (χ3v) is 6.59. The zero-order valence-electron chi connectivity index (χ0n) is 17.0. The van der Waals surface area contributed by atoms with Crippen LogP contribution in [-0.4, -0.2) is 36.1 Å². The number of rotatable bonds is 6. The number of aromatic nitrogens is 2. The summed E-state index contributed by atoms with van der Waals surface area (Å²) in [6, 6.07) is 13.0. The molecule has 3 aromatic rings. The van der Waals surface area contributed by atoms with Crippen molar-refractivity contribution in [3.63, 3.8) is 0 Å². The summed E-state index contributed by atoms with van der Waals surface area (Å²) in [5.41, 5.74) is 2.06. The molecule has 1 aliphatic carbocycles. The van der Waals surface area contributed by atoms with Gasteiger partial charge in [-0.3, -0.25) is 0 Å². The van der Waals surface area contributed by atoms with Crippen LogP contribution in [0.4, 0.5) is 15.9 Å². The Balaban J connectivity index is 1.27. The largest absolute Gasteiger partial charge is 0.371 e. The third-order valence-electron chi connectivity index (χ3n) is 6.34. The van der Waals surface area contributed by atoms with Crippen molar-refractivity contribution in [2.45, 2.75) is 25.7 Å². The fraction of sp³-hybridized carbons (Fsp3) is 0.417. The minimum absolute atomic E-state index is 0.243. The predicted molar refractivity (Wildman–Crippen MR) is 121 cm³/mol. The molecular weight excluding hydrogens is 399 g/mol. The lowest BCUT2D eigenvalue weighted by molar-refractivity contribution is 0.400. The van der Waals surface area contributed by atoms with E-state index in [2.05, 4.69) is 31.9 Å². The van der Waals surface area contributed by atoms with Crippen molar-refractivity contribution in [2.75, 3.05) is 36.0 Å². The van der Waals surface area contributed by atoms with Gasteiger partial charge >= 0.3 is 0 Å². The summed E-state index contributed by atoms with van der Waals surface area (Å²) >= 11 is 6.09. The van der Waals surface area contributed by atoms with Crippen LogP contribution >= 0.6 is 11.6 Å². The number of fused-ring (bicyclic) bond motifs is 1. The maximum Gasteiger partial charge on any atom is 0.139 e. The molecule has 6 heteroatoms. The Morgan fingerprint density at radius 2 is 1.63 bits per heavy atom. The van der Waals surface area contributed by atoms with Crippen LogP contribution in [0.15, 0.2) is 48.8 Å². The van der Waals surface area contributed by atoms with Crippen LogP contribution < -0.4 is 9.80 Å². The van der Waals surface area contributed by atoms with Crippen molar-refractivity contribution in [3.8, 4) is 0 Å². The van der Waals surface area contributed by atoms with Gasteiger partial charge in [-0.25, -0.2) is 14.4 Å². The van der Waals surface area contributed by atoms with E-state index in [0.717, 1.165) is 66.7 Å². The molecule has 2 aliphatic rings. The summed E-state index contributed by atoms with van der Waals surface area (Å²) in [7, 11) is 0. The monoisotopic (exact) mass is 424 g/mol. The highest BCUT2D eigenvalue weighted by atomic mass is 35.5. The molecule has 0 unspecified atom stereocenters. The Kier molecular flexibility index (Phi) is 5.47. The molecule has 5 rings (SSSR count). The highest BCUT2D eigenvalue weighted by Crippen LogP contribution is 2.34. The van der Waals surface area contributed by atoms with E-state index in [1.807, 2.05) is 12.1 Å². The maximum absolute atomic E-state index is 13.8. The number of benzene rings is 2. The van der Waals surface area contributed by atoms with E-state index < -0.39 is 0 Å². The SMILES string of the molecule is Fc1ccc2ncnc(N3CCC(CN(CC4CC4)c4ccc(Cl)cc4)CC3)c2c1. The number of hydrogen-bond donors (Lipinski definition) is 0. The first-order valence-corrected chi connectivity index (χ1v) is 11.2. The summed E-state index contributed by atoms with van der Waals surface area (Å²) in [4.78, 5) is 13.6. The van der Waals surface area contributed by atoms with Crippen LogP contribution in [-0.2, 0) is 0 Å². The highest BCUT2D eigenvalue weighted by Gasteiger charge is 2.28. The zero-order valence-corrected chi connectivity index (χ0v) is 17.7. The Morgan fingerprint density at radius 1 is 0.933 bits per heavy atom. The number of hydrogen-bond acceptors (Lipinski definition) is 4. The second kappa shape index (κ2) is 8.38. The molecule has 0 amide bonds. The van der Waals surface area contributed by atoms with E-state index in [9.17, 15) is 4.39 Å². The normalized spacial score (nSPS) is 17.5. The second-order valence-corrected chi connectivity index (χ2v) is 9.05. The van der Waals surface area contributed by atoms with Crippen molar-refractivity contribution in [1.82, 2.24) is 9.97 Å². The van der Waals surface area contributed by atoms with Crippen molar-refractivity contribution in [3.05, 3.63) is 59.6 Å². The molecule has 0 atom stereocenters. The molecule has 2 aromatic carbocycles. The van der Waals surface area contributed by atoms with Gasteiger partial charge in [-0.15, -0.1) is 0 Å². The first kappa shape index (κ1) is 19.6. The minimum atomic E-state index is -0.243. The fourth-order valence-corrected chi connectivity index (χ4v) is 4.58. The van der Waals surface area contributed by atoms with Gasteiger partial charge < -0.3 is 9.80 Å². The highest BCUT2D eigenvalue weighted by molar-refractivity contribution is 6.30. The lowest BCUT2D eigenvalue weighted by Gasteiger charge is -2.36. The molecule has 0 radical (unpaired) electrons. The number of anilines is 2. The van der Waals surface area contributed by atoms with Gasteiger partial charge in [0.05, 0.1) is 5.52 Å². The molecule has 1 aliphatic heterocycles. The van der Waals surface area contributed by atoms with Gasteiger partial charge in [0.2, 0.25) is 0 Å². The number of nitrogens with zero attached hydrogens (tertiary/aromatic N) is 4. The molecule has 0 bridgehead atoms. The Hall–Kier alpha value is -2.40. The molecule has 156 valence electrons. The molecule has 30 heavy (non-hydrogen) atoms. The topological polar surface area (TPSA) is 32.3 Å². The summed E-state index contributed by atoms with van der Waals surface area (Å²) in [6.07, 6.45) is 6.49.